The summed E-state index contributed by atoms with van der Waals surface area (Å²) in [5, 5.41) is 27.6. The second-order valence-corrected chi connectivity index (χ2v) is 13.2. The smallest absolute Gasteiger partial charge is 0.168 e. The van der Waals surface area contributed by atoms with Crippen molar-refractivity contribution < 1.29 is 9.84 Å². The van der Waals surface area contributed by atoms with E-state index in [0.29, 0.717) is 11.8 Å². The van der Waals surface area contributed by atoms with Gasteiger partial charge in [-0.15, -0.1) is 5.10 Å². The molecule has 33 heavy (non-hydrogen) atoms. The van der Waals surface area contributed by atoms with Gasteiger partial charge in [0.25, 0.3) is 0 Å². The summed E-state index contributed by atoms with van der Waals surface area (Å²) in [7, 11) is 0. The van der Waals surface area contributed by atoms with Crippen LogP contribution in [-0.2, 0) is 11.3 Å². The van der Waals surface area contributed by atoms with Gasteiger partial charge in [-0.2, -0.15) is 11.8 Å². The van der Waals surface area contributed by atoms with E-state index in [1.54, 1.807) is 0 Å². The molecular weight excluding hydrogens is 434 g/mol. The fourth-order valence-electron chi connectivity index (χ4n) is 7.32. The van der Waals surface area contributed by atoms with Gasteiger partial charge in [0.05, 0.1) is 23.9 Å². The van der Waals surface area contributed by atoms with Crippen LogP contribution in [0.1, 0.15) is 90.9 Å². The fourth-order valence-corrected chi connectivity index (χ4v) is 7.74. The van der Waals surface area contributed by atoms with Gasteiger partial charge in [0, 0.05) is 18.5 Å². The monoisotopic (exact) mass is 479 g/mol. The standard InChI is InChI=1S/C25H45N5O2S/c1-23(2)14-19(15-24(3,4)32-23)21(22-27-28-29-30(22)11-6-12-33-5)26-16-25(17-31)13-18-7-9-20(25)10-8-18/h18-21,26,31H,6-17H2,1-5H3. The average Bonchev–Trinajstić information content (AvgIpc) is 3.21. The van der Waals surface area contributed by atoms with Crippen molar-refractivity contribution in [2.24, 2.45) is 23.2 Å². The Hall–Kier alpha value is -0.700. The maximum atomic E-state index is 10.6. The van der Waals surface area contributed by atoms with Crippen LogP contribution in [0.25, 0.3) is 0 Å². The van der Waals surface area contributed by atoms with Gasteiger partial charge in [0.1, 0.15) is 0 Å². The molecule has 2 bridgehead atoms. The van der Waals surface area contributed by atoms with E-state index < -0.39 is 0 Å². The summed E-state index contributed by atoms with van der Waals surface area (Å²) >= 11 is 1.86. The topological polar surface area (TPSA) is 85.1 Å². The van der Waals surface area contributed by atoms with Crippen molar-refractivity contribution in [3.63, 3.8) is 0 Å². The van der Waals surface area contributed by atoms with Crippen molar-refractivity contribution in [1.29, 1.82) is 0 Å². The number of hydrogen-bond acceptors (Lipinski definition) is 7. The Morgan fingerprint density at radius 3 is 2.39 bits per heavy atom. The number of aromatic nitrogens is 4. The summed E-state index contributed by atoms with van der Waals surface area (Å²) in [6, 6.07) is 0.0561. The molecule has 4 aliphatic rings. The van der Waals surface area contributed by atoms with E-state index in [9.17, 15) is 5.11 Å². The molecule has 5 rings (SSSR count). The Morgan fingerprint density at radius 1 is 1.12 bits per heavy atom. The number of aryl methyl sites for hydroxylation is 1. The molecule has 0 amide bonds. The van der Waals surface area contributed by atoms with E-state index in [4.69, 9.17) is 4.74 Å². The fraction of sp³-hybridized carbons (Fsp3) is 0.960. The van der Waals surface area contributed by atoms with Crippen molar-refractivity contribution in [2.75, 3.05) is 25.2 Å². The highest BCUT2D eigenvalue weighted by Crippen LogP contribution is 2.52. The van der Waals surface area contributed by atoms with E-state index in [1.807, 2.05) is 16.4 Å². The Kier molecular flexibility index (Phi) is 7.78. The van der Waals surface area contributed by atoms with Crippen LogP contribution in [0.2, 0.25) is 0 Å². The normalized spacial score (nSPS) is 32.2. The number of ether oxygens (including phenoxy) is 1. The zero-order valence-electron chi connectivity index (χ0n) is 21.3. The Balaban J connectivity index is 1.59. The predicted molar refractivity (Wildman–Crippen MR) is 133 cm³/mol. The minimum absolute atomic E-state index is 0.00719. The van der Waals surface area contributed by atoms with E-state index >= 15 is 0 Å². The van der Waals surface area contributed by atoms with Gasteiger partial charge in [-0.1, -0.05) is 12.8 Å². The third kappa shape index (κ3) is 5.76. The molecule has 2 heterocycles. The lowest BCUT2D eigenvalue weighted by Crippen LogP contribution is -2.53. The number of tetrazole rings is 1. The summed E-state index contributed by atoms with van der Waals surface area (Å²) in [6.45, 7) is 10.8. The summed E-state index contributed by atoms with van der Waals surface area (Å²) in [5.74, 6) is 3.82. The molecule has 1 aromatic rings. The molecule has 0 aromatic carbocycles. The summed E-state index contributed by atoms with van der Waals surface area (Å²) in [6.07, 6.45) is 11.5. The second kappa shape index (κ2) is 10.1. The molecule has 4 fully saturated rings. The Labute approximate surface area is 204 Å². The minimum atomic E-state index is -0.192. The van der Waals surface area contributed by atoms with Crippen LogP contribution in [0.4, 0.5) is 0 Å². The van der Waals surface area contributed by atoms with Crippen LogP contribution < -0.4 is 5.32 Å². The van der Waals surface area contributed by atoms with Crippen molar-refractivity contribution in [3.8, 4) is 0 Å². The van der Waals surface area contributed by atoms with Gasteiger partial charge in [0.15, 0.2) is 5.82 Å². The first kappa shape index (κ1) is 25.4. The molecule has 2 N–H and O–H groups in total. The second-order valence-electron chi connectivity index (χ2n) is 12.2. The van der Waals surface area contributed by atoms with E-state index in [1.165, 1.54) is 25.7 Å². The molecule has 2 atom stereocenters. The molecule has 0 spiro atoms. The van der Waals surface area contributed by atoms with Crippen molar-refractivity contribution in [2.45, 2.75) is 103 Å². The molecule has 1 aromatic heterocycles. The van der Waals surface area contributed by atoms with Gasteiger partial charge in [-0.05, 0) is 106 Å². The molecule has 3 saturated carbocycles. The minimum Gasteiger partial charge on any atom is -0.396 e. The zero-order chi connectivity index (χ0) is 23.7. The Morgan fingerprint density at radius 2 is 1.82 bits per heavy atom. The molecular formula is C25H45N5O2S. The molecule has 1 saturated heterocycles. The highest BCUT2D eigenvalue weighted by molar-refractivity contribution is 7.98. The van der Waals surface area contributed by atoms with Crippen LogP contribution in [0.5, 0.6) is 0 Å². The first-order valence-electron chi connectivity index (χ1n) is 13.0. The number of nitrogens with one attached hydrogen (secondary N) is 1. The maximum Gasteiger partial charge on any atom is 0.168 e. The number of thioether (sulfide) groups is 1. The lowest BCUT2D eigenvalue weighted by Gasteiger charge is -2.52. The lowest BCUT2D eigenvalue weighted by atomic mass is 9.56. The van der Waals surface area contributed by atoms with Crippen molar-refractivity contribution in [3.05, 3.63) is 5.82 Å². The number of rotatable bonds is 10. The summed E-state index contributed by atoms with van der Waals surface area (Å²) < 4.78 is 8.43. The van der Waals surface area contributed by atoms with Crippen LogP contribution in [0.15, 0.2) is 0 Å². The zero-order valence-corrected chi connectivity index (χ0v) is 22.2. The molecule has 188 valence electrons. The van der Waals surface area contributed by atoms with E-state index in [-0.39, 0.29) is 29.3 Å². The van der Waals surface area contributed by atoms with Gasteiger partial charge in [-0.25, -0.2) is 4.68 Å². The number of fused-ring (bicyclic) bond motifs is 3. The highest BCUT2D eigenvalue weighted by atomic mass is 32.2. The van der Waals surface area contributed by atoms with Crippen molar-refractivity contribution in [1.82, 2.24) is 25.5 Å². The van der Waals surface area contributed by atoms with Gasteiger partial charge in [-0.3, -0.25) is 0 Å². The SMILES string of the molecule is CSCCCn1nnnc1C(NCC1(CO)CC2CCC1CC2)C1CC(C)(C)OC(C)(C)C1. The first-order chi connectivity index (χ1) is 15.7. The van der Waals surface area contributed by atoms with Crippen LogP contribution in [0.3, 0.4) is 0 Å². The number of nitrogens with zero attached hydrogens (tertiary/aromatic N) is 4. The number of hydrogen-bond donors (Lipinski definition) is 2. The highest BCUT2D eigenvalue weighted by Gasteiger charge is 2.49. The maximum absolute atomic E-state index is 10.6. The largest absolute Gasteiger partial charge is 0.396 e. The predicted octanol–water partition coefficient (Wildman–Crippen LogP) is 4.23. The van der Waals surface area contributed by atoms with Gasteiger partial charge >= 0.3 is 0 Å². The van der Waals surface area contributed by atoms with Gasteiger partial charge < -0.3 is 15.2 Å². The molecule has 2 unspecified atom stereocenters. The number of aliphatic hydroxyl groups is 1. The van der Waals surface area contributed by atoms with Crippen LogP contribution >= 0.6 is 11.8 Å². The van der Waals surface area contributed by atoms with Crippen molar-refractivity contribution >= 4 is 11.8 Å². The Bertz CT molecular complexity index is 761. The summed E-state index contributed by atoms with van der Waals surface area (Å²) in [4.78, 5) is 0. The molecule has 7 nitrogen and oxygen atoms in total. The summed E-state index contributed by atoms with van der Waals surface area (Å²) in [5.41, 5.74) is -0.392. The number of aliphatic hydroxyl groups excluding tert-OH is 1. The van der Waals surface area contributed by atoms with E-state index in [0.717, 1.165) is 56.3 Å². The quantitative estimate of drug-likeness (QED) is 0.486. The average molecular weight is 480 g/mol. The van der Waals surface area contributed by atoms with Crippen LogP contribution in [-0.4, -0.2) is 61.7 Å². The lowest BCUT2D eigenvalue weighted by molar-refractivity contribution is -0.177. The van der Waals surface area contributed by atoms with Gasteiger partial charge in [0.2, 0.25) is 0 Å². The van der Waals surface area contributed by atoms with Crippen LogP contribution in [0, 0.1) is 23.2 Å². The molecule has 8 heteroatoms. The molecule has 3 aliphatic carbocycles. The van der Waals surface area contributed by atoms with E-state index in [2.05, 4.69) is 54.8 Å². The third-order valence-corrected chi connectivity index (χ3v) is 9.18. The molecule has 1 aliphatic heterocycles. The molecule has 0 radical (unpaired) electrons. The third-order valence-electron chi connectivity index (χ3n) is 8.48. The first-order valence-corrected chi connectivity index (χ1v) is 14.4.